The van der Waals surface area contributed by atoms with Gasteiger partial charge in [-0.1, -0.05) is 0 Å². The minimum atomic E-state index is -0.833. The molecule has 0 aliphatic carbocycles. The Morgan fingerprint density at radius 3 is 2.05 bits per heavy atom. The molecule has 11 heteroatoms. The number of carbonyl (C=O) groups is 3. The van der Waals surface area contributed by atoms with E-state index in [0.717, 1.165) is 63.7 Å². The summed E-state index contributed by atoms with van der Waals surface area (Å²) in [7, 11) is 0. The summed E-state index contributed by atoms with van der Waals surface area (Å²) < 4.78 is 1.75. The molecule has 0 aromatic carbocycles. The molecule has 0 atom stereocenters. The van der Waals surface area contributed by atoms with Crippen LogP contribution in [0.3, 0.4) is 0 Å². The fourth-order valence-corrected chi connectivity index (χ4v) is 4.56. The molecule has 11 nitrogen and oxygen atoms in total. The average molecular weight is 517 g/mol. The van der Waals surface area contributed by atoms with Crippen molar-refractivity contribution in [3.63, 3.8) is 0 Å². The maximum Gasteiger partial charge on any atom is 0.300 e. The van der Waals surface area contributed by atoms with Gasteiger partial charge in [-0.05, 0) is 74.9 Å². The number of rotatable bonds is 3. The first-order valence-corrected chi connectivity index (χ1v) is 12.3. The minimum Gasteiger partial charge on any atom is -0.481 e. The van der Waals surface area contributed by atoms with Gasteiger partial charge in [-0.2, -0.15) is 0 Å². The normalized spacial score (nSPS) is 16.0. The highest BCUT2D eigenvalue weighted by Gasteiger charge is 2.28. The first-order chi connectivity index (χ1) is 17.5. The molecule has 2 aliphatic heterocycles. The molecule has 0 bridgehead atoms. The Labute approximate surface area is 215 Å². The van der Waals surface area contributed by atoms with Gasteiger partial charge in [-0.15, -0.1) is 0 Å². The average Bonchev–Trinajstić information content (AvgIpc) is 2.84. The number of hydrogen-bond donors (Lipinski definition) is 4. The van der Waals surface area contributed by atoms with E-state index in [1.165, 1.54) is 0 Å². The summed E-state index contributed by atoms with van der Waals surface area (Å²) in [5.74, 6) is -1.57. The summed E-state index contributed by atoms with van der Waals surface area (Å²) in [5, 5.41) is 18.1. The summed E-state index contributed by atoms with van der Waals surface area (Å²) in [6.07, 6.45) is 6.90. The molecule has 37 heavy (non-hydrogen) atoms. The summed E-state index contributed by atoms with van der Waals surface area (Å²) in [6, 6.07) is 5.61. The number of pyridine rings is 2. The molecule has 0 unspecified atom stereocenters. The molecule has 2 aliphatic rings. The minimum absolute atomic E-state index is 0.0978. The number of aromatic amines is 1. The Morgan fingerprint density at radius 1 is 0.946 bits per heavy atom. The number of hydrogen-bond acceptors (Lipinski definition) is 6. The molecule has 1 amide bonds. The molecule has 2 fully saturated rings. The van der Waals surface area contributed by atoms with E-state index in [0.29, 0.717) is 18.7 Å². The summed E-state index contributed by atoms with van der Waals surface area (Å²) >= 11 is 0. The third kappa shape index (κ3) is 9.02. The fourth-order valence-electron chi connectivity index (χ4n) is 4.56. The molecule has 4 N–H and O–H groups in total. The van der Waals surface area contributed by atoms with Crippen LogP contribution in [0, 0.1) is 6.92 Å². The van der Waals surface area contributed by atoms with Gasteiger partial charge in [0.05, 0.1) is 0 Å². The van der Waals surface area contributed by atoms with Crippen LogP contribution in [0.5, 0.6) is 0 Å². The predicted molar refractivity (Wildman–Crippen MR) is 138 cm³/mol. The number of nitrogens with one attached hydrogen (secondary N) is 2. The number of aryl methyl sites for hydroxylation is 1. The van der Waals surface area contributed by atoms with Gasteiger partial charge >= 0.3 is 0 Å². The van der Waals surface area contributed by atoms with E-state index in [2.05, 4.69) is 10.3 Å². The van der Waals surface area contributed by atoms with E-state index in [4.69, 9.17) is 19.8 Å². The van der Waals surface area contributed by atoms with E-state index < -0.39 is 11.9 Å². The number of nitrogens with zero attached hydrogens (tertiary/aromatic N) is 2. The number of likely N-dealkylation sites (tertiary alicyclic amines) is 1. The van der Waals surface area contributed by atoms with Crippen LogP contribution in [0.4, 0.5) is 0 Å². The highest BCUT2D eigenvalue weighted by atomic mass is 16.4. The van der Waals surface area contributed by atoms with Gasteiger partial charge in [0, 0.05) is 51.4 Å². The van der Waals surface area contributed by atoms with Crippen LogP contribution in [0.25, 0.3) is 0 Å². The van der Waals surface area contributed by atoms with Gasteiger partial charge in [0.1, 0.15) is 5.56 Å². The summed E-state index contributed by atoms with van der Waals surface area (Å²) in [4.78, 5) is 60.4. The van der Waals surface area contributed by atoms with Crippen molar-refractivity contribution in [2.75, 3.05) is 26.2 Å². The SMILES string of the molecule is CC(=O)O.CC(=O)O.Cc1ccn(C2CCNCC2)c(=O)c1C(=O)N1CCC(c2cc[nH]c(=O)c2)CC1. The number of amides is 1. The second-order valence-corrected chi connectivity index (χ2v) is 9.16. The maximum absolute atomic E-state index is 13.2. The fraction of sp³-hybridized carbons (Fsp3) is 0.500. The van der Waals surface area contributed by atoms with Crippen molar-refractivity contribution in [3.8, 4) is 0 Å². The molecule has 4 rings (SSSR count). The van der Waals surface area contributed by atoms with Crippen LogP contribution >= 0.6 is 0 Å². The standard InChI is InChI=1S/C22H28N4O3.2C2H4O2/c1-15-5-13-26(18-3-8-23-9-4-18)22(29)20(15)21(28)25-11-6-16(7-12-25)17-2-10-24-19(27)14-17;2*1-2(3)4/h2,5,10,13-14,16,18,23H,3-4,6-9,11-12H2,1H3,(H,24,27);2*1H3,(H,3,4). The summed E-state index contributed by atoms with van der Waals surface area (Å²) in [6.45, 7) is 6.98. The van der Waals surface area contributed by atoms with Crippen LogP contribution in [0.15, 0.2) is 40.2 Å². The lowest BCUT2D eigenvalue weighted by Gasteiger charge is -2.32. The van der Waals surface area contributed by atoms with E-state index in [1.807, 2.05) is 25.3 Å². The van der Waals surface area contributed by atoms with Crippen LogP contribution in [0.2, 0.25) is 0 Å². The van der Waals surface area contributed by atoms with Crippen molar-refractivity contribution < 1.29 is 24.6 Å². The molecule has 2 aromatic heterocycles. The summed E-state index contributed by atoms with van der Waals surface area (Å²) in [5.41, 5.74) is 1.80. The molecule has 0 radical (unpaired) electrons. The smallest absolute Gasteiger partial charge is 0.300 e. The van der Waals surface area contributed by atoms with Crippen LogP contribution < -0.4 is 16.4 Å². The molecule has 4 heterocycles. The van der Waals surface area contributed by atoms with Crippen LogP contribution in [-0.2, 0) is 9.59 Å². The Morgan fingerprint density at radius 2 is 1.51 bits per heavy atom. The zero-order valence-corrected chi connectivity index (χ0v) is 21.5. The Balaban J connectivity index is 0.000000530. The highest BCUT2D eigenvalue weighted by Crippen LogP contribution is 2.28. The molecule has 0 spiro atoms. The molecule has 2 saturated heterocycles. The lowest BCUT2D eigenvalue weighted by molar-refractivity contribution is -0.135. The Bertz CT molecular complexity index is 1170. The molecule has 2 aromatic rings. The van der Waals surface area contributed by atoms with Crippen molar-refractivity contribution in [2.45, 2.75) is 58.4 Å². The van der Waals surface area contributed by atoms with E-state index in [9.17, 15) is 14.4 Å². The predicted octanol–water partition coefficient (Wildman–Crippen LogP) is 1.97. The zero-order chi connectivity index (χ0) is 27.5. The number of carboxylic acids is 2. The first-order valence-electron chi connectivity index (χ1n) is 12.3. The van der Waals surface area contributed by atoms with Gasteiger partial charge in [0.25, 0.3) is 23.4 Å². The first kappa shape index (κ1) is 29.5. The number of carboxylic acid groups (broad SMARTS) is 2. The zero-order valence-electron chi connectivity index (χ0n) is 21.5. The van der Waals surface area contributed by atoms with Crippen LogP contribution in [-0.4, -0.2) is 68.7 Å². The van der Waals surface area contributed by atoms with Gasteiger partial charge in [0.15, 0.2) is 0 Å². The number of aromatic nitrogens is 2. The van der Waals surface area contributed by atoms with Gasteiger partial charge in [-0.25, -0.2) is 0 Å². The molecular formula is C26H36N4O7. The monoisotopic (exact) mass is 516 g/mol. The number of piperidine rings is 2. The number of H-pyrrole nitrogens is 1. The number of aliphatic carboxylic acids is 2. The van der Waals surface area contributed by atoms with E-state index in [1.54, 1.807) is 21.7 Å². The second kappa shape index (κ2) is 14.1. The maximum atomic E-state index is 13.2. The topological polar surface area (TPSA) is 162 Å². The number of carbonyl (C=O) groups excluding carboxylic acids is 1. The third-order valence-corrected chi connectivity index (χ3v) is 6.30. The molecule has 0 saturated carbocycles. The van der Waals surface area contributed by atoms with Gasteiger partial charge < -0.3 is 30.0 Å². The lowest BCUT2D eigenvalue weighted by atomic mass is 9.90. The van der Waals surface area contributed by atoms with Crippen molar-refractivity contribution in [1.82, 2.24) is 19.8 Å². The molecular weight excluding hydrogens is 480 g/mol. The van der Waals surface area contributed by atoms with Crippen molar-refractivity contribution in [3.05, 3.63) is 68.0 Å². The van der Waals surface area contributed by atoms with Crippen molar-refractivity contribution in [1.29, 1.82) is 0 Å². The Hall–Kier alpha value is -3.73. The second-order valence-electron chi connectivity index (χ2n) is 9.16. The highest BCUT2D eigenvalue weighted by molar-refractivity contribution is 5.95. The lowest BCUT2D eigenvalue weighted by Crippen LogP contribution is -2.43. The third-order valence-electron chi connectivity index (χ3n) is 6.30. The molecule has 202 valence electrons. The van der Waals surface area contributed by atoms with E-state index >= 15 is 0 Å². The largest absolute Gasteiger partial charge is 0.481 e. The Kier molecular flexibility index (Phi) is 11.3. The van der Waals surface area contributed by atoms with Crippen LogP contribution in [0.1, 0.15) is 73.0 Å². The van der Waals surface area contributed by atoms with Crippen molar-refractivity contribution >= 4 is 17.8 Å². The van der Waals surface area contributed by atoms with Gasteiger partial charge in [-0.3, -0.25) is 24.0 Å². The van der Waals surface area contributed by atoms with Gasteiger partial charge in [0.2, 0.25) is 5.56 Å². The quantitative estimate of drug-likeness (QED) is 0.481. The van der Waals surface area contributed by atoms with Crippen molar-refractivity contribution in [2.24, 2.45) is 0 Å². The van der Waals surface area contributed by atoms with E-state index in [-0.39, 0.29) is 29.0 Å².